The lowest BCUT2D eigenvalue weighted by Crippen LogP contribution is -2.41. The molecule has 2 rings (SSSR count). The summed E-state index contributed by atoms with van der Waals surface area (Å²) in [6, 6.07) is 7.38. The minimum Gasteiger partial charge on any atom is -0.341 e. The van der Waals surface area contributed by atoms with E-state index in [1.807, 2.05) is 42.8 Å². The van der Waals surface area contributed by atoms with E-state index in [2.05, 4.69) is 20.8 Å². The van der Waals surface area contributed by atoms with Crippen molar-refractivity contribution in [3.63, 3.8) is 0 Å². The lowest BCUT2D eigenvalue weighted by Gasteiger charge is -2.11. The molecule has 0 saturated heterocycles. The summed E-state index contributed by atoms with van der Waals surface area (Å²) in [6.45, 7) is 3.72. The number of nitrogens with zero attached hydrogens (tertiary/aromatic N) is 3. The first-order valence-corrected chi connectivity index (χ1v) is 7.96. The summed E-state index contributed by atoms with van der Waals surface area (Å²) < 4.78 is 1.84. The number of hydrogen-bond donors (Lipinski definition) is 2. The molecule has 1 heterocycles. The van der Waals surface area contributed by atoms with E-state index in [4.69, 9.17) is 0 Å². The largest absolute Gasteiger partial charge is 0.341 e. The third kappa shape index (κ3) is 3.89. The van der Waals surface area contributed by atoms with Crippen LogP contribution in [0, 0.1) is 6.92 Å². The van der Waals surface area contributed by atoms with E-state index in [0.717, 1.165) is 17.0 Å². The lowest BCUT2D eigenvalue weighted by atomic mass is 10.1. The van der Waals surface area contributed by atoms with Gasteiger partial charge in [0.25, 0.3) is 0 Å². The number of rotatable bonds is 4. The highest BCUT2D eigenvalue weighted by atomic mass is 32.2. The first-order chi connectivity index (χ1) is 10.9. The quantitative estimate of drug-likeness (QED) is 0.832. The zero-order chi connectivity index (χ0) is 17.0. The molecule has 122 valence electrons. The van der Waals surface area contributed by atoms with Crippen LogP contribution in [0.3, 0.4) is 0 Å². The van der Waals surface area contributed by atoms with Crippen LogP contribution in [0.5, 0.6) is 0 Å². The Labute approximate surface area is 138 Å². The van der Waals surface area contributed by atoms with Crippen LogP contribution < -0.4 is 10.6 Å². The van der Waals surface area contributed by atoms with Crippen LogP contribution in [0.4, 0.5) is 4.79 Å². The number of carbonyl (C=O) groups is 2. The van der Waals surface area contributed by atoms with E-state index in [-0.39, 0.29) is 5.91 Å². The van der Waals surface area contributed by atoms with Gasteiger partial charge in [-0.15, -0.1) is 10.2 Å². The molecule has 7 nitrogen and oxygen atoms in total. The van der Waals surface area contributed by atoms with E-state index in [1.165, 1.54) is 18.8 Å². The molecule has 0 aliphatic carbocycles. The third-order valence-corrected chi connectivity index (χ3v) is 4.47. The van der Waals surface area contributed by atoms with Crippen molar-refractivity contribution in [2.24, 2.45) is 7.05 Å². The summed E-state index contributed by atoms with van der Waals surface area (Å²) >= 11 is 1.25. The molecule has 1 aromatic carbocycles. The van der Waals surface area contributed by atoms with Gasteiger partial charge in [0.1, 0.15) is 0 Å². The Bertz CT molecular complexity index is 728. The van der Waals surface area contributed by atoms with Gasteiger partial charge < -0.3 is 9.88 Å². The van der Waals surface area contributed by atoms with Crippen LogP contribution in [0.2, 0.25) is 0 Å². The first-order valence-electron chi connectivity index (χ1n) is 7.08. The summed E-state index contributed by atoms with van der Waals surface area (Å²) in [5.41, 5.74) is 2.10. The standard InChI is InChI=1S/C15H19N5O2S/c1-9-7-5-6-8-11(9)12-18-19-15(20(12)4)23-10(2)13(21)17-14(22)16-3/h5-8,10H,1-4H3,(H2,16,17,21,22)/t10-/m0/s1. The molecule has 0 bridgehead atoms. The molecular weight excluding hydrogens is 314 g/mol. The van der Waals surface area contributed by atoms with Gasteiger partial charge in [-0.05, 0) is 19.4 Å². The average Bonchev–Trinajstić information content (AvgIpc) is 2.88. The Hall–Kier alpha value is -2.35. The maximum Gasteiger partial charge on any atom is 0.321 e. The van der Waals surface area contributed by atoms with Gasteiger partial charge in [-0.25, -0.2) is 4.79 Å². The Morgan fingerprint density at radius 1 is 1.26 bits per heavy atom. The maximum absolute atomic E-state index is 11.9. The van der Waals surface area contributed by atoms with Crippen molar-refractivity contribution in [1.82, 2.24) is 25.4 Å². The van der Waals surface area contributed by atoms with Gasteiger partial charge in [0, 0.05) is 19.7 Å². The fraction of sp³-hybridized carbons (Fsp3) is 0.333. The molecule has 3 amide bonds. The summed E-state index contributed by atoms with van der Waals surface area (Å²) in [7, 11) is 3.31. The Kier molecular flexibility index (Phi) is 5.38. The Morgan fingerprint density at radius 2 is 1.96 bits per heavy atom. The van der Waals surface area contributed by atoms with Gasteiger partial charge in [-0.3, -0.25) is 10.1 Å². The number of aryl methyl sites for hydroxylation is 1. The summed E-state index contributed by atoms with van der Waals surface area (Å²) in [4.78, 5) is 23.1. The number of carbonyl (C=O) groups excluding carboxylic acids is 2. The van der Waals surface area contributed by atoms with Crippen LogP contribution in [0.15, 0.2) is 29.4 Å². The van der Waals surface area contributed by atoms with E-state index >= 15 is 0 Å². The van der Waals surface area contributed by atoms with Crippen LogP contribution in [0.1, 0.15) is 12.5 Å². The molecule has 1 aromatic heterocycles. The van der Waals surface area contributed by atoms with Crippen molar-refractivity contribution in [1.29, 1.82) is 0 Å². The minimum atomic E-state index is -0.527. The van der Waals surface area contributed by atoms with Crippen molar-refractivity contribution < 1.29 is 9.59 Å². The second kappa shape index (κ2) is 7.28. The monoisotopic (exact) mass is 333 g/mol. The number of imide groups is 1. The van der Waals surface area contributed by atoms with Crippen molar-refractivity contribution >= 4 is 23.7 Å². The van der Waals surface area contributed by atoms with E-state index in [1.54, 1.807) is 6.92 Å². The van der Waals surface area contributed by atoms with E-state index in [9.17, 15) is 9.59 Å². The highest BCUT2D eigenvalue weighted by Gasteiger charge is 2.20. The van der Waals surface area contributed by atoms with Crippen LogP contribution in [-0.2, 0) is 11.8 Å². The number of hydrogen-bond acceptors (Lipinski definition) is 5. The Balaban J connectivity index is 2.15. The van der Waals surface area contributed by atoms with Gasteiger partial charge in [0.15, 0.2) is 11.0 Å². The van der Waals surface area contributed by atoms with Gasteiger partial charge in [0.2, 0.25) is 5.91 Å². The van der Waals surface area contributed by atoms with Gasteiger partial charge >= 0.3 is 6.03 Å². The summed E-state index contributed by atoms with van der Waals surface area (Å²) in [6.07, 6.45) is 0. The molecule has 0 aliphatic rings. The van der Waals surface area contributed by atoms with Crippen molar-refractivity contribution in [3.8, 4) is 11.4 Å². The molecule has 0 saturated carbocycles. The molecule has 0 radical (unpaired) electrons. The van der Waals surface area contributed by atoms with Crippen LogP contribution >= 0.6 is 11.8 Å². The molecule has 0 aliphatic heterocycles. The SMILES string of the molecule is CNC(=O)NC(=O)[C@H](C)Sc1nnc(-c2ccccc2C)n1C. The lowest BCUT2D eigenvalue weighted by molar-refractivity contribution is -0.119. The van der Waals surface area contributed by atoms with Crippen molar-refractivity contribution in [3.05, 3.63) is 29.8 Å². The number of nitrogens with one attached hydrogen (secondary N) is 2. The number of urea groups is 1. The highest BCUT2D eigenvalue weighted by molar-refractivity contribution is 8.00. The van der Waals surface area contributed by atoms with Crippen molar-refractivity contribution in [2.75, 3.05) is 7.05 Å². The molecule has 8 heteroatoms. The second-order valence-electron chi connectivity index (χ2n) is 5.01. The molecular formula is C15H19N5O2S. The average molecular weight is 333 g/mol. The van der Waals surface area contributed by atoms with E-state index in [0.29, 0.717) is 5.16 Å². The molecule has 0 unspecified atom stereocenters. The molecule has 0 fully saturated rings. The van der Waals surface area contributed by atoms with E-state index < -0.39 is 11.3 Å². The number of benzene rings is 1. The van der Waals surface area contributed by atoms with Gasteiger partial charge in [-0.1, -0.05) is 36.0 Å². The third-order valence-electron chi connectivity index (χ3n) is 3.34. The van der Waals surface area contributed by atoms with Crippen LogP contribution in [-0.4, -0.2) is 39.0 Å². The molecule has 2 N–H and O–H groups in total. The number of aromatic nitrogens is 3. The molecule has 2 aromatic rings. The van der Waals surface area contributed by atoms with Gasteiger partial charge in [0.05, 0.1) is 5.25 Å². The number of thioether (sulfide) groups is 1. The first kappa shape index (κ1) is 17.0. The summed E-state index contributed by atoms with van der Waals surface area (Å²) in [5.74, 6) is 0.360. The van der Waals surface area contributed by atoms with Crippen molar-refractivity contribution in [2.45, 2.75) is 24.3 Å². The smallest absolute Gasteiger partial charge is 0.321 e. The summed E-state index contributed by atoms with van der Waals surface area (Å²) in [5, 5.41) is 13.1. The predicted octanol–water partition coefficient (Wildman–Crippen LogP) is 1.73. The maximum atomic E-state index is 11.9. The molecule has 23 heavy (non-hydrogen) atoms. The Morgan fingerprint density at radius 3 is 2.61 bits per heavy atom. The predicted molar refractivity (Wildman–Crippen MR) is 89.1 cm³/mol. The normalized spacial score (nSPS) is 11.8. The fourth-order valence-corrected chi connectivity index (χ4v) is 2.78. The molecule has 0 spiro atoms. The fourth-order valence-electron chi connectivity index (χ4n) is 1.96. The second-order valence-corrected chi connectivity index (χ2v) is 6.32. The zero-order valence-electron chi connectivity index (χ0n) is 13.5. The topological polar surface area (TPSA) is 88.9 Å². The van der Waals surface area contributed by atoms with Gasteiger partial charge in [-0.2, -0.15) is 0 Å². The number of amides is 3. The minimum absolute atomic E-state index is 0.380. The molecule has 1 atom stereocenters. The highest BCUT2D eigenvalue weighted by Crippen LogP contribution is 2.27. The zero-order valence-corrected chi connectivity index (χ0v) is 14.3. The van der Waals surface area contributed by atoms with Crippen LogP contribution in [0.25, 0.3) is 11.4 Å².